The first kappa shape index (κ1) is 7.54. The molecule has 58 valence electrons. The highest BCUT2D eigenvalue weighted by Gasteiger charge is 2.45. The summed E-state index contributed by atoms with van der Waals surface area (Å²) in [5, 5.41) is 9.56. The van der Waals surface area contributed by atoms with Gasteiger partial charge in [0.1, 0.15) is 0 Å². The summed E-state index contributed by atoms with van der Waals surface area (Å²) in [6.45, 7) is 3.98. The van der Waals surface area contributed by atoms with Crippen molar-refractivity contribution in [3.05, 3.63) is 0 Å². The lowest BCUT2D eigenvalue weighted by molar-refractivity contribution is -0.156. The SMILES string of the molecule is CC(C)[C@@]1(O)CCOC1=O. The number of aliphatic hydroxyl groups is 1. The van der Waals surface area contributed by atoms with Gasteiger partial charge < -0.3 is 9.84 Å². The predicted molar refractivity (Wildman–Crippen MR) is 35.4 cm³/mol. The van der Waals surface area contributed by atoms with E-state index >= 15 is 0 Å². The van der Waals surface area contributed by atoms with E-state index in [0.717, 1.165) is 0 Å². The Kier molecular flexibility index (Phi) is 1.68. The van der Waals surface area contributed by atoms with Gasteiger partial charge in [-0.15, -0.1) is 0 Å². The van der Waals surface area contributed by atoms with E-state index in [-0.39, 0.29) is 5.92 Å². The van der Waals surface area contributed by atoms with Gasteiger partial charge in [0.15, 0.2) is 5.60 Å². The maximum Gasteiger partial charge on any atom is 0.338 e. The molecule has 0 aliphatic carbocycles. The van der Waals surface area contributed by atoms with Gasteiger partial charge in [0.05, 0.1) is 6.61 Å². The molecule has 0 bridgehead atoms. The summed E-state index contributed by atoms with van der Waals surface area (Å²) in [4.78, 5) is 10.9. The van der Waals surface area contributed by atoms with Gasteiger partial charge in [-0.3, -0.25) is 0 Å². The van der Waals surface area contributed by atoms with Crippen LogP contribution in [0.25, 0.3) is 0 Å². The zero-order chi connectivity index (χ0) is 7.78. The highest BCUT2D eigenvalue weighted by Crippen LogP contribution is 2.27. The Morgan fingerprint density at radius 1 is 1.70 bits per heavy atom. The number of hydrogen-bond donors (Lipinski definition) is 1. The number of rotatable bonds is 1. The molecule has 0 unspecified atom stereocenters. The van der Waals surface area contributed by atoms with E-state index in [2.05, 4.69) is 4.74 Å². The fourth-order valence-electron chi connectivity index (χ4n) is 1.05. The van der Waals surface area contributed by atoms with E-state index in [1.54, 1.807) is 0 Å². The second-order valence-electron chi connectivity index (χ2n) is 2.96. The molecular weight excluding hydrogens is 132 g/mol. The number of hydrogen-bond acceptors (Lipinski definition) is 3. The highest BCUT2D eigenvalue weighted by atomic mass is 16.6. The van der Waals surface area contributed by atoms with Gasteiger partial charge in [-0.05, 0) is 5.92 Å². The highest BCUT2D eigenvalue weighted by molar-refractivity contribution is 5.81. The molecule has 0 aromatic heterocycles. The van der Waals surface area contributed by atoms with Crippen LogP contribution in [0.1, 0.15) is 20.3 Å². The second-order valence-corrected chi connectivity index (χ2v) is 2.96. The lowest BCUT2D eigenvalue weighted by atomic mass is 9.89. The lowest BCUT2D eigenvalue weighted by Gasteiger charge is -2.21. The fraction of sp³-hybridized carbons (Fsp3) is 0.857. The number of esters is 1. The van der Waals surface area contributed by atoms with Crippen LogP contribution in [0.4, 0.5) is 0 Å². The average Bonchev–Trinajstić information content (AvgIpc) is 2.15. The Hall–Kier alpha value is -0.570. The summed E-state index contributed by atoms with van der Waals surface area (Å²) in [5.41, 5.74) is -1.21. The normalized spacial score (nSPS) is 33.0. The summed E-state index contributed by atoms with van der Waals surface area (Å²) < 4.78 is 4.64. The van der Waals surface area contributed by atoms with Crippen molar-refractivity contribution in [2.45, 2.75) is 25.9 Å². The van der Waals surface area contributed by atoms with Crippen LogP contribution in [-0.2, 0) is 9.53 Å². The van der Waals surface area contributed by atoms with Crippen LogP contribution in [0.5, 0.6) is 0 Å². The first-order valence-electron chi connectivity index (χ1n) is 3.47. The standard InChI is InChI=1S/C7H12O3/c1-5(2)7(9)3-4-10-6(7)8/h5,9H,3-4H2,1-2H3/t7-/m0/s1. The van der Waals surface area contributed by atoms with Crippen LogP contribution in [0.2, 0.25) is 0 Å². The third-order valence-corrected chi connectivity index (χ3v) is 2.02. The predicted octanol–water partition coefficient (Wildman–Crippen LogP) is 0.320. The van der Waals surface area contributed by atoms with Gasteiger partial charge in [-0.1, -0.05) is 13.8 Å². The summed E-state index contributed by atoms with van der Waals surface area (Å²) in [7, 11) is 0. The molecule has 1 atom stereocenters. The zero-order valence-electron chi connectivity index (χ0n) is 6.26. The maximum absolute atomic E-state index is 10.9. The van der Waals surface area contributed by atoms with Crippen molar-refractivity contribution in [1.29, 1.82) is 0 Å². The molecule has 10 heavy (non-hydrogen) atoms. The fourth-order valence-corrected chi connectivity index (χ4v) is 1.05. The molecular formula is C7H12O3. The van der Waals surface area contributed by atoms with Crippen molar-refractivity contribution in [3.63, 3.8) is 0 Å². The van der Waals surface area contributed by atoms with E-state index in [4.69, 9.17) is 0 Å². The number of cyclic esters (lactones) is 1. The summed E-state index contributed by atoms with van der Waals surface area (Å²) >= 11 is 0. The minimum absolute atomic E-state index is 0.0532. The first-order valence-corrected chi connectivity index (χ1v) is 3.47. The molecule has 0 saturated carbocycles. The van der Waals surface area contributed by atoms with Gasteiger partial charge in [-0.25, -0.2) is 4.79 Å². The zero-order valence-corrected chi connectivity index (χ0v) is 6.26. The number of carbonyl (C=O) groups is 1. The van der Waals surface area contributed by atoms with E-state index < -0.39 is 11.6 Å². The number of carbonyl (C=O) groups excluding carboxylic acids is 1. The van der Waals surface area contributed by atoms with E-state index in [0.29, 0.717) is 13.0 Å². The van der Waals surface area contributed by atoms with Crippen molar-refractivity contribution in [2.24, 2.45) is 5.92 Å². The third kappa shape index (κ3) is 0.904. The molecule has 1 saturated heterocycles. The van der Waals surface area contributed by atoms with Crippen LogP contribution < -0.4 is 0 Å². The molecule has 0 aromatic carbocycles. The number of ether oxygens (including phenoxy) is 1. The quantitative estimate of drug-likeness (QED) is 0.539. The van der Waals surface area contributed by atoms with Gasteiger partial charge in [0.2, 0.25) is 0 Å². The topological polar surface area (TPSA) is 46.5 Å². The third-order valence-electron chi connectivity index (χ3n) is 2.02. The lowest BCUT2D eigenvalue weighted by Crippen LogP contribution is -2.39. The molecule has 1 rings (SSSR count). The monoisotopic (exact) mass is 144 g/mol. The van der Waals surface area contributed by atoms with Gasteiger partial charge in [0, 0.05) is 6.42 Å². The van der Waals surface area contributed by atoms with Crippen LogP contribution in [0, 0.1) is 5.92 Å². The largest absolute Gasteiger partial charge is 0.463 e. The molecule has 0 aromatic rings. The molecule has 1 fully saturated rings. The smallest absolute Gasteiger partial charge is 0.338 e. The Morgan fingerprint density at radius 2 is 2.30 bits per heavy atom. The molecule has 3 nitrogen and oxygen atoms in total. The molecule has 0 amide bonds. The van der Waals surface area contributed by atoms with Crippen LogP contribution in [-0.4, -0.2) is 23.3 Å². The maximum atomic E-state index is 10.9. The molecule has 1 heterocycles. The Morgan fingerprint density at radius 3 is 2.50 bits per heavy atom. The van der Waals surface area contributed by atoms with Crippen molar-refractivity contribution in [3.8, 4) is 0 Å². The van der Waals surface area contributed by atoms with E-state index in [1.807, 2.05) is 13.8 Å². The van der Waals surface area contributed by atoms with Crippen molar-refractivity contribution < 1.29 is 14.6 Å². The summed E-state index contributed by atoms with van der Waals surface area (Å²) in [6, 6.07) is 0. The van der Waals surface area contributed by atoms with E-state index in [1.165, 1.54) is 0 Å². The minimum atomic E-state index is -1.21. The average molecular weight is 144 g/mol. The van der Waals surface area contributed by atoms with Crippen LogP contribution in [0.3, 0.4) is 0 Å². The Balaban J connectivity index is 2.75. The summed E-state index contributed by atoms with van der Waals surface area (Å²) in [5.74, 6) is -0.523. The van der Waals surface area contributed by atoms with Gasteiger partial charge in [-0.2, -0.15) is 0 Å². The molecule has 0 radical (unpaired) electrons. The second kappa shape index (κ2) is 2.23. The van der Waals surface area contributed by atoms with Crippen molar-refractivity contribution in [2.75, 3.05) is 6.61 Å². The first-order chi connectivity index (χ1) is 4.57. The van der Waals surface area contributed by atoms with Gasteiger partial charge in [0.25, 0.3) is 0 Å². The molecule has 1 aliphatic heterocycles. The minimum Gasteiger partial charge on any atom is -0.463 e. The van der Waals surface area contributed by atoms with Gasteiger partial charge >= 0.3 is 5.97 Å². The van der Waals surface area contributed by atoms with E-state index in [9.17, 15) is 9.90 Å². The van der Waals surface area contributed by atoms with Crippen LogP contribution in [0.15, 0.2) is 0 Å². The Bertz CT molecular complexity index is 153. The Labute approximate surface area is 60.0 Å². The molecule has 1 N–H and O–H groups in total. The molecule has 0 spiro atoms. The van der Waals surface area contributed by atoms with Crippen molar-refractivity contribution in [1.82, 2.24) is 0 Å². The summed E-state index contributed by atoms with van der Waals surface area (Å²) in [6.07, 6.45) is 0.434. The van der Waals surface area contributed by atoms with Crippen molar-refractivity contribution >= 4 is 5.97 Å². The van der Waals surface area contributed by atoms with Crippen LogP contribution >= 0.6 is 0 Å². The molecule has 1 aliphatic rings. The molecule has 3 heteroatoms.